The van der Waals surface area contributed by atoms with Crippen molar-refractivity contribution in [3.8, 4) is 0 Å². The largest absolute Gasteiger partial charge is 0.361 e. The third-order valence-corrected chi connectivity index (χ3v) is 4.21. The van der Waals surface area contributed by atoms with Crippen LogP contribution in [0.25, 0.3) is 0 Å². The highest BCUT2D eigenvalue weighted by Crippen LogP contribution is 2.35. The summed E-state index contributed by atoms with van der Waals surface area (Å²) >= 11 is 0. The molecule has 2 heterocycles. The maximum atomic E-state index is 12.3. The Morgan fingerprint density at radius 2 is 2.23 bits per heavy atom. The lowest BCUT2D eigenvalue weighted by Crippen LogP contribution is -2.34. The van der Waals surface area contributed by atoms with E-state index in [0.29, 0.717) is 11.6 Å². The first-order valence-corrected chi connectivity index (χ1v) is 7.85. The summed E-state index contributed by atoms with van der Waals surface area (Å²) in [5, 5.41) is 7.03. The van der Waals surface area contributed by atoms with E-state index in [-0.39, 0.29) is 18.4 Å². The normalized spacial score (nSPS) is 16.6. The van der Waals surface area contributed by atoms with Gasteiger partial charge in [0.2, 0.25) is 5.91 Å². The Kier molecular flexibility index (Phi) is 4.51. The van der Waals surface area contributed by atoms with E-state index in [9.17, 15) is 4.79 Å². The van der Waals surface area contributed by atoms with Crippen molar-refractivity contribution in [2.75, 3.05) is 0 Å². The van der Waals surface area contributed by atoms with E-state index >= 15 is 0 Å². The number of amides is 1. The number of carbonyl (C=O) groups excluding carboxylic acids is 1. The number of nitrogens with one attached hydrogen (secondary N) is 1. The smallest absolute Gasteiger partial charge is 0.226 e. The van der Waals surface area contributed by atoms with E-state index in [1.54, 1.807) is 12.3 Å². The van der Waals surface area contributed by atoms with Gasteiger partial charge in [0, 0.05) is 12.3 Å². The van der Waals surface area contributed by atoms with Crippen LogP contribution in [0.3, 0.4) is 0 Å². The molecule has 5 nitrogen and oxygen atoms in total. The van der Waals surface area contributed by atoms with E-state index in [0.717, 1.165) is 24.3 Å². The number of carbonyl (C=O) groups is 1. The van der Waals surface area contributed by atoms with Crippen molar-refractivity contribution in [3.05, 3.63) is 47.6 Å². The van der Waals surface area contributed by atoms with Gasteiger partial charge in [-0.2, -0.15) is 0 Å². The van der Waals surface area contributed by atoms with Gasteiger partial charge in [-0.3, -0.25) is 9.78 Å². The molecule has 5 heteroatoms. The Hall–Kier alpha value is -2.17. The number of hydrogen-bond acceptors (Lipinski definition) is 4. The van der Waals surface area contributed by atoms with Crippen molar-refractivity contribution in [3.63, 3.8) is 0 Å². The second kappa shape index (κ2) is 6.73. The topological polar surface area (TPSA) is 68.0 Å². The molecule has 1 fully saturated rings. The van der Waals surface area contributed by atoms with Gasteiger partial charge in [0.05, 0.1) is 23.9 Å². The third kappa shape index (κ3) is 3.53. The van der Waals surface area contributed by atoms with Gasteiger partial charge in [0.25, 0.3) is 0 Å². The third-order valence-electron chi connectivity index (χ3n) is 4.21. The molecule has 0 saturated heterocycles. The van der Waals surface area contributed by atoms with Crippen molar-refractivity contribution in [2.45, 2.75) is 45.1 Å². The van der Waals surface area contributed by atoms with Gasteiger partial charge in [-0.15, -0.1) is 0 Å². The number of rotatable bonds is 5. The molecule has 0 spiro atoms. The highest BCUT2D eigenvalue weighted by molar-refractivity contribution is 5.78. The minimum atomic E-state index is -0.0316. The zero-order valence-corrected chi connectivity index (χ0v) is 12.8. The lowest BCUT2D eigenvalue weighted by molar-refractivity contribution is -0.121. The molecule has 1 aliphatic rings. The fourth-order valence-corrected chi connectivity index (χ4v) is 3.17. The van der Waals surface area contributed by atoms with Crippen LogP contribution in [0.2, 0.25) is 0 Å². The Labute approximate surface area is 130 Å². The molecule has 1 N–H and O–H groups in total. The Morgan fingerprint density at radius 3 is 2.86 bits per heavy atom. The molecule has 0 bridgehead atoms. The van der Waals surface area contributed by atoms with Crippen LogP contribution in [0, 0.1) is 12.8 Å². The second-order valence-corrected chi connectivity index (χ2v) is 5.95. The van der Waals surface area contributed by atoms with Crippen molar-refractivity contribution < 1.29 is 9.32 Å². The summed E-state index contributed by atoms with van der Waals surface area (Å²) in [5.74, 6) is 1.16. The lowest BCUT2D eigenvalue weighted by Gasteiger charge is -2.24. The minimum absolute atomic E-state index is 0.0100. The Morgan fingerprint density at radius 1 is 1.41 bits per heavy atom. The SMILES string of the molecule is Cc1cc(CC(=O)N[C@@H](c2ccccn2)C2CCCC2)no1. The van der Waals surface area contributed by atoms with Crippen LogP contribution in [0.15, 0.2) is 35.0 Å². The summed E-state index contributed by atoms with van der Waals surface area (Å²) in [6.07, 6.45) is 6.77. The number of hydrogen-bond donors (Lipinski definition) is 1. The van der Waals surface area contributed by atoms with E-state index in [2.05, 4.69) is 15.5 Å². The van der Waals surface area contributed by atoms with E-state index < -0.39 is 0 Å². The maximum absolute atomic E-state index is 12.3. The molecule has 1 atom stereocenters. The molecule has 0 radical (unpaired) electrons. The first-order chi connectivity index (χ1) is 10.7. The molecule has 22 heavy (non-hydrogen) atoms. The average molecular weight is 299 g/mol. The van der Waals surface area contributed by atoms with Gasteiger partial charge < -0.3 is 9.84 Å². The summed E-state index contributed by atoms with van der Waals surface area (Å²) in [6.45, 7) is 1.82. The quantitative estimate of drug-likeness (QED) is 0.921. The van der Waals surface area contributed by atoms with Gasteiger partial charge >= 0.3 is 0 Å². The highest BCUT2D eigenvalue weighted by Gasteiger charge is 2.28. The van der Waals surface area contributed by atoms with Crippen LogP contribution in [0.4, 0.5) is 0 Å². The summed E-state index contributed by atoms with van der Waals surface area (Å²) in [7, 11) is 0. The van der Waals surface area contributed by atoms with Crippen LogP contribution >= 0.6 is 0 Å². The Balaban J connectivity index is 1.70. The van der Waals surface area contributed by atoms with Gasteiger partial charge in [-0.05, 0) is 37.8 Å². The van der Waals surface area contributed by atoms with E-state index in [1.165, 1.54) is 12.8 Å². The molecule has 3 rings (SSSR count). The minimum Gasteiger partial charge on any atom is -0.361 e. The standard InChI is InChI=1S/C17H21N3O2/c1-12-10-14(20-22-12)11-16(21)19-17(13-6-2-3-7-13)15-8-4-5-9-18-15/h4-5,8-10,13,17H,2-3,6-7,11H2,1H3,(H,19,21)/t17-/m1/s1. The molecule has 1 amide bonds. The van der Waals surface area contributed by atoms with Crippen molar-refractivity contribution in [2.24, 2.45) is 5.92 Å². The molecule has 0 aromatic carbocycles. The first-order valence-electron chi connectivity index (χ1n) is 7.85. The van der Waals surface area contributed by atoms with Crippen molar-refractivity contribution in [1.82, 2.24) is 15.5 Å². The fourth-order valence-electron chi connectivity index (χ4n) is 3.17. The molecule has 116 valence electrons. The highest BCUT2D eigenvalue weighted by atomic mass is 16.5. The average Bonchev–Trinajstić information content (AvgIpc) is 3.18. The lowest BCUT2D eigenvalue weighted by atomic mass is 9.94. The molecule has 0 unspecified atom stereocenters. The number of aromatic nitrogens is 2. The molecule has 2 aromatic rings. The van der Waals surface area contributed by atoms with Crippen LogP contribution < -0.4 is 5.32 Å². The zero-order chi connectivity index (χ0) is 15.4. The Bertz CT molecular complexity index is 618. The molecule has 1 aliphatic carbocycles. The monoisotopic (exact) mass is 299 g/mol. The fraction of sp³-hybridized carbons (Fsp3) is 0.471. The summed E-state index contributed by atoms with van der Waals surface area (Å²) in [5.41, 5.74) is 1.61. The number of nitrogens with zero attached hydrogens (tertiary/aromatic N) is 2. The molecular formula is C17H21N3O2. The zero-order valence-electron chi connectivity index (χ0n) is 12.8. The van der Waals surface area contributed by atoms with Crippen LogP contribution in [-0.4, -0.2) is 16.0 Å². The van der Waals surface area contributed by atoms with Gasteiger partial charge in [0.15, 0.2) is 0 Å². The molecule has 0 aliphatic heterocycles. The predicted octanol–water partition coefficient (Wildman–Crippen LogP) is 2.97. The second-order valence-electron chi connectivity index (χ2n) is 5.95. The van der Waals surface area contributed by atoms with Crippen molar-refractivity contribution >= 4 is 5.91 Å². The van der Waals surface area contributed by atoms with E-state index in [4.69, 9.17) is 4.52 Å². The number of aryl methyl sites for hydroxylation is 1. The van der Waals surface area contributed by atoms with Crippen LogP contribution in [-0.2, 0) is 11.2 Å². The van der Waals surface area contributed by atoms with Gasteiger partial charge in [-0.1, -0.05) is 24.1 Å². The molecule has 1 saturated carbocycles. The van der Waals surface area contributed by atoms with Crippen LogP contribution in [0.5, 0.6) is 0 Å². The first kappa shape index (κ1) is 14.8. The summed E-state index contributed by atoms with van der Waals surface area (Å²) in [4.78, 5) is 16.8. The number of pyridine rings is 1. The summed E-state index contributed by atoms with van der Waals surface area (Å²) < 4.78 is 5.01. The van der Waals surface area contributed by atoms with E-state index in [1.807, 2.05) is 25.1 Å². The maximum Gasteiger partial charge on any atom is 0.226 e. The predicted molar refractivity (Wildman–Crippen MR) is 82.0 cm³/mol. The molecule has 2 aromatic heterocycles. The van der Waals surface area contributed by atoms with Gasteiger partial charge in [0.1, 0.15) is 5.76 Å². The van der Waals surface area contributed by atoms with Gasteiger partial charge in [-0.25, -0.2) is 0 Å². The van der Waals surface area contributed by atoms with Crippen LogP contribution in [0.1, 0.15) is 48.9 Å². The summed E-state index contributed by atoms with van der Waals surface area (Å²) in [6, 6.07) is 7.64. The van der Waals surface area contributed by atoms with Crippen molar-refractivity contribution in [1.29, 1.82) is 0 Å². The molecular weight excluding hydrogens is 278 g/mol.